The molecule has 0 aliphatic carbocycles. The van der Waals surface area contributed by atoms with E-state index in [1.54, 1.807) is 14.2 Å². The summed E-state index contributed by atoms with van der Waals surface area (Å²) < 4.78 is 10.6. The minimum Gasteiger partial charge on any atom is -0.480 e. The Bertz CT molecular complexity index is 939. The van der Waals surface area contributed by atoms with Crippen LogP contribution in [0.5, 0.6) is 5.88 Å². The number of ether oxygens (including phenoxy) is 2. The molecule has 1 N–H and O–H groups in total. The van der Waals surface area contributed by atoms with Crippen molar-refractivity contribution in [3.8, 4) is 5.88 Å². The number of aromatic nitrogens is 2. The van der Waals surface area contributed by atoms with Gasteiger partial charge in [0.15, 0.2) is 5.82 Å². The van der Waals surface area contributed by atoms with Gasteiger partial charge >= 0.3 is 0 Å². The van der Waals surface area contributed by atoms with Crippen molar-refractivity contribution in [3.63, 3.8) is 0 Å². The number of hydrogen-bond donors (Lipinski definition) is 1. The fourth-order valence-corrected chi connectivity index (χ4v) is 4.73. The van der Waals surface area contributed by atoms with Gasteiger partial charge in [0.05, 0.1) is 23.9 Å². The van der Waals surface area contributed by atoms with Crippen LogP contribution in [0.2, 0.25) is 0 Å². The van der Waals surface area contributed by atoms with E-state index in [9.17, 15) is 9.59 Å². The number of carbonyl (C=O) groups excluding carboxylic acids is 2. The van der Waals surface area contributed by atoms with Crippen molar-refractivity contribution >= 4 is 33.4 Å². The molecule has 0 saturated carbocycles. The highest BCUT2D eigenvalue weighted by Gasteiger charge is 2.28. The molecule has 10 heteroatoms. The van der Waals surface area contributed by atoms with Gasteiger partial charge in [0.25, 0.3) is 5.91 Å². The predicted octanol–water partition coefficient (Wildman–Crippen LogP) is 1.83. The molecule has 1 fully saturated rings. The molecule has 31 heavy (non-hydrogen) atoms. The summed E-state index contributed by atoms with van der Waals surface area (Å²) in [7, 11) is 3.15. The molecule has 1 saturated heterocycles. The number of fused-ring (bicyclic) bond motifs is 1. The van der Waals surface area contributed by atoms with Gasteiger partial charge in [0.1, 0.15) is 11.4 Å². The number of rotatable bonds is 8. The van der Waals surface area contributed by atoms with Gasteiger partial charge < -0.3 is 19.7 Å². The fourth-order valence-electron chi connectivity index (χ4n) is 3.57. The molecule has 0 radical (unpaired) electrons. The highest BCUT2D eigenvalue weighted by Crippen LogP contribution is 2.35. The summed E-state index contributed by atoms with van der Waals surface area (Å²) >= 11 is 1.36. The molecule has 2 aromatic rings. The van der Waals surface area contributed by atoms with Crippen LogP contribution < -0.4 is 10.1 Å². The number of methoxy groups -OCH3 is 2. The Morgan fingerprint density at radius 2 is 1.90 bits per heavy atom. The summed E-state index contributed by atoms with van der Waals surface area (Å²) in [6, 6.07) is 0.177. The zero-order valence-corrected chi connectivity index (χ0v) is 19.7. The Hall–Kier alpha value is -2.30. The van der Waals surface area contributed by atoms with Crippen molar-refractivity contribution in [1.82, 2.24) is 25.1 Å². The Balaban J connectivity index is 1.69. The van der Waals surface area contributed by atoms with E-state index in [1.807, 2.05) is 25.7 Å². The van der Waals surface area contributed by atoms with E-state index in [0.29, 0.717) is 49.3 Å². The summed E-state index contributed by atoms with van der Waals surface area (Å²) in [5.74, 6) is 1.00. The summed E-state index contributed by atoms with van der Waals surface area (Å²) in [4.78, 5) is 39.6. The summed E-state index contributed by atoms with van der Waals surface area (Å²) in [5, 5.41) is 3.76. The lowest BCUT2D eigenvalue weighted by Crippen LogP contribution is -2.51. The standard InChI is InChI=1S/C21H31N5O4S/c1-6-13(2)22-16(27)11-25-7-9-26(10-8-25)21(28)18-14(3)17-19(30-5)23-15(12-29-4)24-20(17)31-18/h13H,6-12H2,1-5H3,(H,22,27). The second-order valence-electron chi connectivity index (χ2n) is 7.76. The molecule has 1 aliphatic rings. The number of nitrogens with zero attached hydrogens (tertiary/aromatic N) is 4. The highest BCUT2D eigenvalue weighted by atomic mass is 32.1. The number of nitrogens with one attached hydrogen (secondary N) is 1. The van der Waals surface area contributed by atoms with Crippen LogP contribution in [0.3, 0.4) is 0 Å². The molecule has 1 atom stereocenters. The fraction of sp³-hybridized carbons (Fsp3) is 0.619. The first-order valence-electron chi connectivity index (χ1n) is 10.5. The average molecular weight is 450 g/mol. The third-order valence-corrected chi connectivity index (χ3v) is 6.68. The molecule has 3 heterocycles. The zero-order valence-electron chi connectivity index (χ0n) is 18.9. The van der Waals surface area contributed by atoms with E-state index in [1.165, 1.54) is 11.3 Å². The summed E-state index contributed by atoms with van der Waals surface area (Å²) in [6.07, 6.45) is 0.907. The van der Waals surface area contributed by atoms with Crippen molar-refractivity contribution in [2.75, 3.05) is 46.9 Å². The van der Waals surface area contributed by atoms with E-state index in [2.05, 4.69) is 20.2 Å². The largest absolute Gasteiger partial charge is 0.480 e. The summed E-state index contributed by atoms with van der Waals surface area (Å²) in [6.45, 7) is 9.10. The molecule has 0 aromatic carbocycles. The summed E-state index contributed by atoms with van der Waals surface area (Å²) in [5.41, 5.74) is 0.834. The van der Waals surface area contributed by atoms with Crippen molar-refractivity contribution in [2.45, 2.75) is 39.8 Å². The van der Waals surface area contributed by atoms with Gasteiger partial charge in [-0.3, -0.25) is 14.5 Å². The second kappa shape index (κ2) is 10.3. The number of piperazine rings is 1. The molecular weight excluding hydrogens is 418 g/mol. The van der Waals surface area contributed by atoms with E-state index < -0.39 is 0 Å². The van der Waals surface area contributed by atoms with Gasteiger partial charge in [-0.05, 0) is 25.8 Å². The molecular formula is C21H31N5O4S. The monoisotopic (exact) mass is 449 g/mol. The maximum Gasteiger partial charge on any atom is 0.264 e. The van der Waals surface area contributed by atoms with Crippen LogP contribution in [-0.2, 0) is 16.1 Å². The van der Waals surface area contributed by atoms with Crippen LogP contribution >= 0.6 is 11.3 Å². The van der Waals surface area contributed by atoms with Gasteiger partial charge in [0.2, 0.25) is 11.8 Å². The van der Waals surface area contributed by atoms with E-state index in [0.717, 1.165) is 22.2 Å². The highest BCUT2D eigenvalue weighted by molar-refractivity contribution is 7.20. The first kappa shape index (κ1) is 23.4. The SMILES string of the molecule is CCC(C)NC(=O)CN1CCN(C(=O)c2sc3nc(COC)nc(OC)c3c2C)CC1. The third kappa shape index (κ3) is 5.31. The number of thiophene rings is 1. The van der Waals surface area contributed by atoms with Crippen molar-refractivity contribution in [3.05, 3.63) is 16.3 Å². The average Bonchev–Trinajstić information content (AvgIpc) is 3.09. The van der Waals surface area contributed by atoms with Gasteiger partial charge in [-0.1, -0.05) is 6.92 Å². The third-order valence-electron chi connectivity index (χ3n) is 5.51. The van der Waals surface area contributed by atoms with Gasteiger partial charge in [-0.15, -0.1) is 11.3 Å². The number of aryl methyl sites for hydroxylation is 1. The Kier molecular flexibility index (Phi) is 7.79. The number of hydrogen-bond acceptors (Lipinski definition) is 8. The van der Waals surface area contributed by atoms with Gasteiger partial charge in [-0.2, -0.15) is 4.98 Å². The van der Waals surface area contributed by atoms with Crippen molar-refractivity contribution < 1.29 is 19.1 Å². The van der Waals surface area contributed by atoms with Crippen LogP contribution in [0.15, 0.2) is 0 Å². The Labute approximate surface area is 186 Å². The topological polar surface area (TPSA) is 96.9 Å². The molecule has 1 aliphatic heterocycles. The van der Waals surface area contributed by atoms with Gasteiger partial charge in [-0.25, -0.2) is 4.98 Å². The lowest BCUT2D eigenvalue weighted by atomic mass is 10.2. The van der Waals surface area contributed by atoms with Crippen molar-refractivity contribution in [2.24, 2.45) is 0 Å². The zero-order chi connectivity index (χ0) is 22.5. The maximum absolute atomic E-state index is 13.2. The Morgan fingerprint density at radius 3 is 2.52 bits per heavy atom. The molecule has 170 valence electrons. The van der Waals surface area contributed by atoms with Crippen LogP contribution in [0.25, 0.3) is 10.2 Å². The molecule has 9 nitrogen and oxygen atoms in total. The normalized spacial score (nSPS) is 15.8. The quantitative estimate of drug-likeness (QED) is 0.657. The van der Waals surface area contributed by atoms with Crippen LogP contribution in [-0.4, -0.2) is 84.6 Å². The first-order valence-corrected chi connectivity index (χ1v) is 11.3. The Morgan fingerprint density at radius 1 is 1.19 bits per heavy atom. The number of carbonyl (C=O) groups is 2. The molecule has 2 amide bonds. The van der Waals surface area contributed by atoms with Gasteiger partial charge in [0, 0.05) is 39.3 Å². The lowest BCUT2D eigenvalue weighted by Gasteiger charge is -2.34. The molecule has 1 unspecified atom stereocenters. The maximum atomic E-state index is 13.2. The smallest absolute Gasteiger partial charge is 0.264 e. The van der Waals surface area contributed by atoms with E-state index in [4.69, 9.17) is 9.47 Å². The van der Waals surface area contributed by atoms with E-state index >= 15 is 0 Å². The van der Waals surface area contributed by atoms with Crippen molar-refractivity contribution in [1.29, 1.82) is 0 Å². The molecule has 0 bridgehead atoms. The molecule has 0 spiro atoms. The van der Waals surface area contributed by atoms with Crippen LogP contribution in [0.4, 0.5) is 0 Å². The number of amides is 2. The second-order valence-corrected chi connectivity index (χ2v) is 8.76. The minimum atomic E-state index is -0.0143. The predicted molar refractivity (Wildman–Crippen MR) is 120 cm³/mol. The van der Waals surface area contributed by atoms with E-state index in [-0.39, 0.29) is 24.5 Å². The van der Waals surface area contributed by atoms with Crippen LogP contribution in [0, 0.1) is 6.92 Å². The molecule has 3 rings (SSSR count). The lowest BCUT2D eigenvalue weighted by molar-refractivity contribution is -0.123. The first-order chi connectivity index (χ1) is 14.9. The van der Waals surface area contributed by atoms with Crippen LogP contribution in [0.1, 0.15) is 41.3 Å². The minimum absolute atomic E-state index is 0.0143. The molecule has 2 aromatic heterocycles.